The molecule has 29 heavy (non-hydrogen) atoms. The van der Waals surface area contributed by atoms with Gasteiger partial charge in [0.25, 0.3) is 5.91 Å². The molecule has 0 aliphatic heterocycles. The predicted molar refractivity (Wildman–Crippen MR) is 99.1 cm³/mol. The fraction of sp³-hybridized carbons (Fsp3) is 0.526. The number of carbonyl (C=O) groups is 3. The van der Waals surface area contributed by atoms with Gasteiger partial charge in [0.15, 0.2) is 6.10 Å². The van der Waals surface area contributed by atoms with Crippen molar-refractivity contribution in [3.8, 4) is 0 Å². The SMILES string of the molecule is COC(=O)C(CC(C)C)(NC(=O)C(Cc1ccccc1)OC(=O)CCl)C(F)(F)F. The molecule has 0 aromatic heterocycles. The lowest BCUT2D eigenvalue weighted by atomic mass is 9.87. The van der Waals surface area contributed by atoms with E-state index >= 15 is 0 Å². The maximum Gasteiger partial charge on any atom is 0.422 e. The summed E-state index contributed by atoms with van der Waals surface area (Å²) in [6.45, 7) is 2.93. The van der Waals surface area contributed by atoms with Gasteiger partial charge in [-0.05, 0) is 17.9 Å². The van der Waals surface area contributed by atoms with E-state index < -0.39 is 53.9 Å². The highest BCUT2D eigenvalue weighted by Gasteiger charge is 2.63. The topological polar surface area (TPSA) is 81.7 Å². The van der Waals surface area contributed by atoms with E-state index in [9.17, 15) is 27.6 Å². The van der Waals surface area contributed by atoms with Crippen LogP contribution in [0.5, 0.6) is 0 Å². The van der Waals surface area contributed by atoms with Gasteiger partial charge in [0.2, 0.25) is 5.54 Å². The molecule has 1 rings (SSSR count). The summed E-state index contributed by atoms with van der Waals surface area (Å²) in [6.07, 6.45) is -7.72. The van der Waals surface area contributed by atoms with Crippen LogP contribution in [0.15, 0.2) is 30.3 Å². The van der Waals surface area contributed by atoms with Gasteiger partial charge in [0.05, 0.1) is 7.11 Å². The van der Waals surface area contributed by atoms with Crippen LogP contribution in [-0.2, 0) is 30.3 Å². The van der Waals surface area contributed by atoms with Crippen LogP contribution in [0, 0.1) is 5.92 Å². The first-order chi connectivity index (χ1) is 13.5. The number of hydrogen-bond acceptors (Lipinski definition) is 5. The largest absolute Gasteiger partial charge is 0.467 e. The Kier molecular flexibility index (Phi) is 8.94. The van der Waals surface area contributed by atoms with Crippen LogP contribution in [0.1, 0.15) is 25.8 Å². The summed E-state index contributed by atoms with van der Waals surface area (Å²) in [5.41, 5.74) is -2.75. The molecule has 0 spiro atoms. The molecule has 0 bridgehead atoms. The lowest BCUT2D eigenvalue weighted by molar-refractivity contribution is -0.217. The molecule has 1 aromatic rings. The number of ether oxygens (including phenoxy) is 2. The summed E-state index contributed by atoms with van der Waals surface area (Å²) < 4.78 is 51.0. The van der Waals surface area contributed by atoms with Crippen LogP contribution in [0.3, 0.4) is 0 Å². The van der Waals surface area contributed by atoms with Crippen LogP contribution in [-0.4, -0.2) is 48.7 Å². The molecular formula is C19H23ClF3NO5. The number of amides is 1. The fourth-order valence-corrected chi connectivity index (χ4v) is 2.83. The third-order valence-electron chi connectivity index (χ3n) is 4.01. The molecule has 162 valence electrons. The molecule has 10 heteroatoms. The normalized spacial score (nSPS) is 14.6. The molecule has 1 amide bonds. The number of esters is 2. The van der Waals surface area contributed by atoms with Crippen LogP contribution in [0.4, 0.5) is 13.2 Å². The zero-order valence-electron chi connectivity index (χ0n) is 16.2. The molecule has 1 aromatic carbocycles. The maximum atomic E-state index is 13.9. The molecular weight excluding hydrogens is 415 g/mol. The Morgan fingerprint density at radius 1 is 1.14 bits per heavy atom. The molecule has 0 saturated heterocycles. The Hall–Kier alpha value is -2.29. The smallest absolute Gasteiger partial charge is 0.422 e. The van der Waals surface area contributed by atoms with Crippen LogP contribution in [0.25, 0.3) is 0 Å². The van der Waals surface area contributed by atoms with Gasteiger partial charge in [-0.15, -0.1) is 11.6 Å². The van der Waals surface area contributed by atoms with E-state index in [1.54, 1.807) is 35.6 Å². The highest BCUT2D eigenvalue weighted by Crippen LogP contribution is 2.37. The molecule has 0 aliphatic carbocycles. The minimum Gasteiger partial charge on any atom is -0.467 e. The van der Waals surface area contributed by atoms with Gasteiger partial charge >= 0.3 is 18.1 Å². The van der Waals surface area contributed by atoms with Crippen molar-refractivity contribution >= 4 is 29.4 Å². The summed E-state index contributed by atoms with van der Waals surface area (Å²) in [6, 6.07) is 8.24. The monoisotopic (exact) mass is 437 g/mol. The zero-order valence-corrected chi connectivity index (χ0v) is 17.0. The Morgan fingerprint density at radius 3 is 2.17 bits per heavy atom. The van der Waals surface area contributed by atoms with E-state index in [4.69, 9.17) is 16.3 Å². The standard InChI is InChI=1S/C19H23ClF3NO5/c1-12(2)10-18(17(27)28-3,19(21,22)23)24-16(26)14(29-15(25)11-20)9-13-7-5-4-6-8-13/h4-8,12,14H,9-11H2,1-3H3,(H,24,26). The Morgan fingerprint density at radius 2 is 1.72 bits per heavy atom. The van der Waals surface area contributed by atoms with Crippen molar-refractivity contribution in [1.82, 2.24) is 5.32 Å². The molecule has 0 radical (unpaired) electrons. The first kappa shape index (κ1) is 24.7. The molecule has 0 heterocycles. The van der Waals surface area contributed by atoms with Gasteiger partial charge in [-0.2, -0.15) is 13.2 Å². The molecule has 0 saturated carbocycles. The van der Waals surface area contributed by atoms with E-state index in [1.807, 2.05) is 0 Å². The van der Waals surface area contributed by atoms with E-state index in [-0.39, 0.29) is 6.42 Å². The number of carbonyl (C=O) groups excluding carboxylic acids is 3. The zero-order chi connectivity index (χ0) is 22.2. The van der Waals surface area contributed by atoms with E-state index in [2.05, 4.69) is 4.74 Å². The van der Waals surface area contributed by atoms with Gasteiger partial charge in [-0.1, -0.05) is 44.2 Å². The third kappa shape index (κ3) is 6.62. The van der Waals surface area contributed by atoms with Crippen molar-refractivity contribution in [2.75, 3.05) is 13.0 Å². The number of rotatable bonds is 9. The predicted octanol–water partition coefficient (Wildman–Crippen LogP) is 3.02. The summed E-state index contributed by atoms with van der Waals surface area (Å²) in [4.78, 5) is 36.4. The van der Waals surface area contributed by atoms with Gasteiger partial charge in [-0.25, -0.2) is 4.79 Å². The lowest BCUT2D eigenvalue weighted by Gasteiger charge is -2.36. The third-order valence-corrected chi connectivity index (χ3v) is 4.23. The van der Waals surface area contributed by atoms with Crippen molar-refractivity contribution < 1.29 is 37.0 Å². The summed E-state index contributed by atoms with van der Waals surface area (Å²) in [5, 5.41) is 1.74. The molecule has 2 atom stereocenters. The number of methoxy groups -OCH3 is 1. The highest BCUT2D eigenvalue weighted by atomic mass is 35.5. The molecule has 2 unspecified atom stereocenters. The number of benzene rings is 1. The molecule has 1 N–H and O–H groups in total. The molecule has 0 aliphatic rings. The number of alkyl halides is 4. The Balaban J connectivity index is 3.28. The van der Waals surface area contributed by atoms with Gasteiger partial charge in [-0.3, -0.25) is 9.59 Å². The first-order valence-corrected chi connectivity index (χ1v) is 9.26. The number of hydrogen-bond donors (Lipinski definition) is 1. The van der Waals surface area contributed by atoms with Crippen molar-refractivity contribution in [1.29, 1.82) is 0 Å². The number of halogens is 4. The van der Waals surface area contributed by atoms with E-state index in [0.717, 1.165) is 7.11 Å². The van der Waals surface area contributed by atoms with Gasteiger partial charge in [0.1, 0.15) is 5.88 Å². The van der Waals surface area contributed by atoms with E-state index in [1.165, 1.54) is 13.8 Å². The summed E-state index contributed by atoms with van der Waals surface area (Å²) in [7, 11) is 0.796. The average Bonchev–Trinajstić information content (AvgIpc) is 2.65. The minimum atomic E-state index is -5.15. The summed E-state index contributed by atoms with van der Waals surface area (Å²) in [5.74, 6) is -5.13. The van der Waals surface area contributed by atoms with Crippen LogP contribution < -0.4 is 5.32 Å². The maximum absolute atomic E-state index is 13.9. The van der Waals surface area contributed by atoms with Crippen LogP contribution in [0.2, 0.25) is 0 Å². The first-order valence-electron chi connectivity index (χ1n) is 8.73. The minimum absolute atomic E-state index is 0.202. The Bertz CT molecular complexity index is 712. The second-order valence-corrected chi connectivity index (χ2v) is 7.05. The second-order valence-electron chi connectivity index (χ2n) is 6.78. The average molecular weight is 438 g/mol. The van der Waals surface area contributed by atoms with Gasteiger partial charge < -0.3 is 14.8 Å². The van der Waals surface area contributed by atoms with Crippen molar-refractivity contribution in [2.45, 2.75) is 44.5 Å². The molecule has 0 fully saturated rings. The quantitative estimate of drug-likeness (QED) is 0.474. The van der Waals surface area contributed by atoms with Gasteiger partial charge in [0, 0.05) is 6.42 Å². The van der Waals surface area contributed by atoms with Crippen molar-refractivity contribution in [2.24, 2.45) is 5.92 Å². The van der Waals surface area contributed by atoms with Crippen LogP contribution >= 0.6 is 11.6 Å². The van der Waals surface area contributed by atoms with Crippen molar-refractivity contribution in [3.05, 3.63) is 35.9 Å². The Labute approximate surface area is 171 Å². The van der Waals surface area contributed by atoms with Crippen molar-refractivity contribution in [3.63, 3.8) is 0 Å². The fourth-order valence-electron chi connectivity index (χ4n) is 2.77. The summed E-state index contributed by atoms with van der Waals surface area (Å²) >= 11 is 5.39. The number of nitrogens with one attached hydrogen (secondary N) is 1. The lowest BCUT2D eigenvalue weighted by Crippen LogP contribution is -2.66. The highest BCUT2D eigenvalue weighted by molar-refractivity contribution is 6.26. The second kappa shape index (κ2) is 10.5. The molecule has 6 nitrogen and oxygen atoms in total. The van der Waals surface area contributed by atoms with E-state index in [0.29, 0.717) is 5.56 Å².